The molecule has 0 radical (unpaired) electrons. The van der Waals surface area contributed by atoms with Gasteiger partial charge < -0.3 is 5.32 Å². The smallest absolute Gasteiger partial charge is 0.255 e. The molecule has 0 spiro atoms. The topological polar surface area (TPSA) is 75.3 Å². The lowest BCUT2D eigenvalue weighted by atomic mass is 10.1. The maximum Gasteiger partial charge on any atom is 0.255 e. The molecule has 0 heterocycles. The Morgan fingerprint density at radius 1 is 1.09 bits per heavy atom. The second-order valence-electron chi connectivity index (χ2n) is 5.74. The van der Waals surface area contributed by atoms with E-state index in [4.69, 9.17) is 0 Å². The van der Waals surface area contributed by atoms with Crippen LogP contribution in [0.2, 0.25) is 0 Å². The number of rotatable bonds is 5. The summed E-state index contributed by atoms with van der Waals surface area (Å²) in [7, 11) is -3.53. The Hall–Kier alpha value is -2.18. The summed E-state index contributed by atoms with van der Waals surface area (Å²) >= 11 is 0. The van der Waals surface area contributed by atoms with Gasteiger partial charge in [-0.25, -0.2) is 13.1 Å². The van der Waals surface area contributed by atoms with Crippen molar-refractivity contribution in [3.63, 3.8) is 0 Å². The minimum atomic E-state index is -3.53. The normalized spacial score (nSPS) is 14.5. The van der Waals surface area contributed by atoms with Crippen molar-refractivity contribution in [2.24, 2.45) is 0 Å². The maximum atomic E-state index is 12.2. The second kappa shape index (κ2) is 6.14. The van der Waals surface area contributed by atoms with E-state index < -0.39 is 10.0 Å². The van der Waals surface area contributed by atoms with Gasteiger partial charge in [-0.15, -0.1) is 0 Å². The Morgan fingerprint density at radius 3 is 2.43 bits per heavy atom. The average Bonchev–Trinajstić information content (AvgIpc) is 3.31. The highest BCUT2D eigenvalue weighted by atomic mass is 32.2. The number of nitrogens with one attached hydrogen (secondary N) is 2. The molecule has 0 aliphatic heterocycles. The van der Waals surface area contributed by atoms with Crippen molar-refractivity contribution >= 4 is 21.6 Å². The summed E-state index contributed by atoms with van der Waals surface area (Å²) < 4.78 is 27.0. The van der Waals surface area contributed by atoms with Crippen molar-refractivity contribution in [1.29, 1.82) is 0 Å². The monoisotopic (exact) mass is 330 g/mol. The number of anilines is 1. The van der Waals surface area contributed by atoms with Crippen molar-refractivity contribution < 1.29 is 13.2 Å². The maximum absolute atomic E-state index is 12.2. The predicted octanol–water partition coefficient (Wildman–Crippen LogP) is 2.69. The highest BCUT2D eigenvalue weighted by molar-refractivity contribution is 7.89. The summed E-state index contributed by atoms with van der Waals surface area (Å²) in [5.74, 6) is -0.269. The summed E-state index contributed by atoms with van der Waals surface area (Å²) in [5.41, 5.74) is 2.05. The number of hydrogen-bond acceptors (Lipinski definition) is 3. The summed E-state index contributed by atoms with van der Waals surface area (Å²) in [6.45, 7) is 1.95. The summed E-state index contributed by atoms with van der Waals surface area (Å²) in [5, 5.41) is 2.73. The minimum absolute atomic E-state index is 0.0470. The zero-order valence-corrected chi connectivity index (χ0v) is 13.6. The van der Waals surface area contributed by atoms with E-state index in [1.54, 1.807) is 24.3 Å². The van der Waals surface area contributed by atoms with Crippen LogP contribution >= 0.6 is 0 Å². The van der Waals surface area contributed by atoms with Crippen LogP contribution in [0.25, 0.3) is 0 Å². The Balaban J connectivity index is 1.77. The highest BCUT2D eigenvalue weighted by Gasteiger charge is 2.28. The SMILES string of the molecule is Cc1ccc(C(=O)Nc2cccc(S(=O)(=O)NC3CC3)c2)cc1. The molecular weight excluding hydrogens is 312 g/mol. The van der Waals surface area contributed by atoms with Gasteiger partial charge in [0.15, 0.2) is 0 Å². The summed E-state index contributed by atoms with van der Waals surface area (Å²) in [6.07, 6.45) is 1.76. The van der Waals surface area contributed by atoms with E-state index in [0.29, 0.717) is 11.3 Å². The van der Waals surface area contributed by atoms with Gasteiger partial charge >= 0.3 is 0 Å². The third-order valence-corrected chi connectivity index (χ3v) is 5.13. The molecule has 0 aromatic heterocycles. The lowest BCUT2D eigenvalue weighted by Crippen LogP contribution is -2.25. The fourth-order valence-electron chi connectivity index (χ4n) is 2.14. The number of carbonyl (C=O) groups excluding carboxylic acids is 1. The van der Waals surface area contributed by atoms with Gasteiger partial charge in [0.2, 0.25) is 10.0 Å². The first-order chi connectivity index (χ1) is 10.9. The molecule has 6 heteroatoms. The van der Waals surface area contributed by atoms with Gasteiger partial charge in [0, 0.05) is 17.3 Å². The number of hydrogen-bond donors (Lipinski definition) is 2. The van der Waals surface area contributed by atoms with E-state index in [2.05, 4.69) is 10.0 Å². The van der Waals surface area contributed by atoms with Gasteiger partial charge in [-0.1, -0.05) is 23.8 Å². The van der Waals surface area contributed by atoms with Crippen molar-refractivity contribution in [3.05, 3.63) is 59.7 Å². The largest absolute Gasteiger partial charge is 0.322 e. The Kier molecular flexibility index (Phi) is 4.19. The molecule has 0 bridgehead atoms. The summed E-state index contributed by atoms with van der Waals surface area (Å²) in [4.78, 5) is 12.4. The van der Waals surface area contributed by atoms with E-state index in [1.165, 1.54) is 12.1 Å². The molecule has 1 aliphatic rings. The van der Waals surface area contributed by atoms with Gasteiger partial charge in [0.1, 0.15) is 0 Å². The standard InChI is InChI=1S/C17H18N2O3S/c1-12-5-7-13(8-6-12)17(20)18-15-3-2-4-16(11-15)23(21,22)19-14-9-10-14/h2-8,11,14,19H,9-10H2,1H3,(H,18,20). The Morgan fingerprint density at radius 2 is 1.78 bits per heavy atom. The van der Waals surface area contributed by atoms with E-state index in [1.807, 2.05) is 19.1 Å². The van der Waals surface area contributed by atoms with Crippen molar-refractivity contribution in [3.8, 4) is 0 Å². The molecule has 2 aromatic rings. The first-order valence-corrected chi connectivity index (χ1v) is 8.93. The van der Waals surface area contributed by atoms with Crippen LogP contribution in [0.5, 0.6) is 0 Å². The minimum Gasteiger partial charge on any atom is -0.322 e. The lowest BCUT2D eigenvalue weighted by Gasteiger charge is -2.09. The van der Waals surface area contributed by atoms with E-state index in [9.17, 15) is 13.2 Å². The van der Waals surface area contributed by atoms with Gasteiger partial charge in [-0.2, -0.15) is 0 Å². The summed E-state index contributed by atoms with van der Waals surface area (Å²) in [6, 6.07) is 13.5. The quantitative estimate of drug-likeness (QED) is 0.885. The first-order valence-electron chi connectivity index (χ1n) is 7.44. The molecule has 1 saturated carbocycles. The highest BCUT2D eigenvalue weighted by Crippen LogP contribution is 2.23. The number of sulfonamides is 1. The molecule has 2 N–H and O–H groups in total. The van der Waals surface area contributed by atoms with Crippen molar-refractivity contribution in [2.75, 3.05) is 5.32 Å². The zero-order chi connectivity index (χ0) is 16.4. The molecule has 1 amide bonds. The molecule has 0 atom stereocenters. The van der Waals surface area contributed by atoms with Gasteiger partial charge in [-0.05, 0) is 50.1 Å². The van der Waals surface area contributed by atoms with E-state index in [0.717, 1.165) is 18.4 Å². The molecule has 5 nitrogen and oxygen atoms in total. The molecular formula is C17H18N2O3S. The number of aryl methyl sites for hydroxylation is 1. The van der Waals surface area contributed by atoms with Crippen LogP contribution < -0.4 is 10.0 Å². The van der Waals surface area contributed by atoms with E-state index in [-0.39, 0.29) is 16.8 Å². The zero-order valence-electron chi connectivity index (χ0n) is 12.7. The fraction of sp³-hybridized carbons (Fsp3) is 0.235. The first kappa shape index (κ1) is 15.7. The lowest BCUT2D eigenvalue weighted by molar-refractivity contribution is 0.102. The molecule has 1 fully saturated rings. The molecule has 120 valence electrons. The van der Waals surface area contributed by atoms with Gasteiger partial charge in [0.25, 0.3) is 5.91 Å². The molecule has 23 heavy (non-hydrogen) atoms. The van der Waals surface area contributed by atoms with Crippen LogP contribution in [0.15, 0.2) is 53.4 Å². The number of amides is 1. The predicted molar refractivity (Wildman–Crippen MR) is 88.9 cm³/mol. The van der Waals surface area contributed by atoms with Crippen LogP contribution in [-0.4, -0.2) is 20.4 Å². The molecule has 3 rings (SSSR count). The Bertz CT molecular complexity index is 825. The number of carbonyl (C=O) groups is 1. The third kappa shape index (κ3) is 3.97. The molecule has 1 aliphatic carbocycles. The van der Waals surface area contributed by atoms with Crippen molar-refractivity contribution in [2.45, 2.75) is 30.7 Å². The average molecular weight is 330 g/mol. The van der Waals surface area contributed by atoms with Crippen LogP contribution in [0.4, 0.5) is 5.69 Å². The van der Waals surface area contributed by atoms with Gasteiger partial charge in [-0.3, -0.25) is 4.79 Å². The number of benzene rings is 2. The van der Waals surface area contributed by atoms with Crippen LogP contribution in [0, 0.1) is 6.92 Å². The van der Waals surface area contributed by atoms with Crippen LogP contribution in [-0.2, 0) is 10.0 Å². The third-order valence-electron chi connectivity index (χ3n) is 3.62. The fourth-order valence-corrected chi connectivity index (χ4v) is 3.49. The van der Waals surface area contributed by atoms with Crippen LogP contribution in [0.3, 0.4) is 0 Å². The van der Waals surface area contributed by atoms with Crippen molar-refractivity contribution in [1.82, 2.24) is 4.72 Å². The van der Waals surface area contributed by atoms with Gasteiger partial charge in [0.05, 0.1) is 4.90 Å². The van der Waals surface area contributed by atoms with E-state index >= 15 is 0 Å². The molecule has 0 unspecified atom stereocenters. The molecule has 2 aromatic carbocycles. The second-order valence-corrected chi connectivity index (χ2v) is 7.46. The van der Waals surface area contributed by atoms with Crippen LogP contribution in [0.1, 0.15) is 28.8 Å². The molecule has 0 saturated heterocycles. The Labute approximate surface area is 135 Å².